The summed E-state index contributed by atoms with van der Waals surface area (Å²) in [4.78, 5) is 14.3. The molecule has 1 atom stereocenters. The van der Waals surface area contributed by atoms with Crippen molar-refractivity contribution in [2.75, 3.05) is 19.8 Å². The van der Waals surface area contributed by atoms with Gasteiger partial charge in [0.25, 0.3) is 5.91 Å². The van der Waals surface area contributed by atoms with Crippen LogP contribution in [0.1, 0.15) is 22.1 Å². The van der Waals surface area contributed by atoms with Crippen molar-refractivity contribution >= 4 is 17.2 Å². The molecule has 18 heavy (non-hydrogen) atoms. The van der Waals surface area contributed by atoms with Crippen LogP contribution in [0.15, 0.2) is 29.1 Å². The molecule has 3 rings (SSSR count). The second kappa shape index (κ2) is 4.91. The molecule has 1 saturated heterocycles. The van der Waals surface area contributed by atoms with Crippen molar-refractivity contribution in [2.45, 2.75) is 6.04 Å². The molecular formula is C12H13N3O2S. The molecule has 2 aromatic heterocycles. The summed E-state index contributed by atoms with van der Waals surface area (Å²) >= 11 is 1.53. The summed E-state index contributed by atoms with van der Waals surface area (Å²) in [5.41, 5.74) is 1.66. The molecule has 0 saturated carbocycles. The van der Waals surface area contributed by atoms with Crippen LogP contribution in [0.3, 0.4) is 0 Å². The lowest BCUT2D eigenvalue weighted by atomic mass is 10.1. The van der Waals surface area contributed by atoms with E-state index < -0.39 is 0 Å². The minimum atomic E-state index is -0.0753. The van der Waals surface area contributed by atoms with Crippen LogP contribution in [-0.4, -0.2) is 40.8 Å². The third-order valence-electron chi connectivity index (χ3n) is 3.04. The predicted molar refractivity (Wildman–Crippen MR) is 67.5 cm³/mol. The molecule has 5 nitrogen and oxygen atoms in total. The lowest BCUT2D eigenvalue weighted by Gasteiger charge is -2.34. The Morgan fingerprint density at radius 1 is 1.56 bits per heavy atom. The van der Waals surface area contributed by atoms with Crippen LogP contribution in [-0.2, 0) is 4.74 Å². The van der Waals surface area contributed by atoms with E-state index in [9.17, 15) is 4.79 Å². The van der Waals surface area contributed by atoms with E-state index in [0.29, 0.717) is 19.8 Å². The molecule has 1 N–H and O–H groups in total. The van der Waals surface area contributed by atoms with Crippen molar-refractivity contribution < 1.29 is 9.53 Å². The summed E-state index contributed by atoms with van der Waals surface area (Å²) in [6, 6.07) is 3.66. The molecule has 6 heteroatoms. The molecule has 2 aromatic rings. The van der Waals surface area contributed by atoms with Crippen LogP contribution in [0.2, 0.25) is 0 Å². The number of aromatic nitrogens is 2. The molecule has 1 fully saturated rings. The summed E-state index contributed by atoms with van der Waals surface area (Å²) in [7, 11) is 0. The van der Waals surface area contributed by atoms with Gasteiger partial charge in [-0.1, -0.05) is 0 Å². The molecule has 1 amide bonds. The fourth-order valence-electron chi connectivity index (χ4n) is 2.11. The van der Waals surface area contributed by atoms with E-state index in [1.807, 2.05) is 27.8 Å². The first-order chi connectivity index (χ1) is 8.86. The molecule has 0 aromatic carbocycles. The topological polar surface area (TPSA) is 58.2 Å². The first kappa shape index (κ1) is 11.4. The van der Waals surface area contributed by atoms with Gasteiger partial charge in [-0.05, 0) is 17.5 Å². The Bertz CT molecular complexity index is 509. The zero-order valence-electron chi connectivity index (χ0n) is 9.70. The smallest absolute Gasteiger partial charge is 0.255 e. The highest BCUT2D eigenvalue weighted by atomic mass is 32.1. The summed E-state index contributed by atoms with van der Waals surface area (Å²) in [5.74, 6) is 0.0548. The van der Waals surface area contributed by atoms with Gasteiger partial charge in [0, 0.05) is 18.1 Å². The highest BCUT2D eigenvalue weighted by Gasteiger charge is 2.30. The maximum Gasteiger partial charge on any atom is 0.255 e. The molecule has 1 aliphatic rings. The number of rotatable bonds is 2. The van der Waals surface area contributed by atoms with Crippen molar-refractivity contribution in [1.82, 2.24) is 15.1 Å². The van der Waals surface area contributed by atoms with E-state index in [-0.39, 0.29) is 11.9 Å². The van der Waals surface area contributed by atoms with Crippen LogP contribution in [0.25, 0.3) is 0 Å². The Morgan fingerprint density at radius 2 is 2.50 bits per heavy atom. The van der Waals surface area contributed by atoms with Gasteiger partial charge in [-0.15, -0.1) is 0 Å². The largest absolute Gasteiger partial charge is 0.377 e. The molecule has 3 heterocycles. The Balaban J connectivity index is 1.86. The number of morpholine rings is 1. The van der Waals surface area contributed by atoms with Gasteiger partial charge >= 0.3 is 0 Å². The number of carbonyl (C=O) groups excluding carboxylic acids is 1. The Hall–Kier alpha value is -1.66. The lowest BCUT2D eigenvalue weighted by molar-refractivity contribution is -0.00388. The number of hydrogen-bond acceptors (Lipinski definition) is 4. The van der Waals surface area contributed by atoms with Crippen LogP contribution in [0.4, 0.5) is 0 Å². The van der Waals surface area contributed by atoms with Crippen LogP contribution < -0.4 is 0 Å². The predicted octanol–water partition coefficient (Wildman–Crippen LogP) is 1.68. The Morgan fingerprint density at radius 3 is 3.22 bits per heavy atom. The van der Waals surface area contributed by atoms with Gasteiger partial charge in [-0.2, -0.15) is 16.4 Å². The fraction of sp³-hybridized carbons (Fsp3) is 0.333. The fourth-order valence-corrected chi connectivity index (χ4v) is 2.74. The number of aromatic amines is 1. The minimum Gasteiger partial charge on any atom is -0.377 e. The SMILES string of the molecule is O=C(c1ccsc1)N1CCOCC1c1ccn[nH]1. The Labute approximate surface area is 108 Å². The summed E-state index contributed by atoms with van der Waals surface area (Å²) in [6.07, 6.45) is 1.69. The van der Waals surface area contributed by atoms with Gasteiger partial charge in [-0.25, -0.2) is 0 Å². The van der Waals surface area contributed by atoms with E-state index in [1.54, 1.807) is 6.20 Å². The van der Waals surface area contributed by atoms with Crippen molar-refractivity contribution in [2.24, 2.45) is 0 Å². The maximum atomic E-state index is 12.4. The molecule has 1 aliphatic heterocycles. The highest BCUT2D eigenvalue weighted by molar-refractivity contribution is 7.08. The van der Waals surface area contributed by atoms with Crippen LogP contribution >= 0.6 is 11.3 Å². The van der Waals surface area contributed by atoms with Gasteiger partial charge < -0.3 is 9.64 Å². The summed E-state index contributed by atoms with van der Waals surface area (Å²) in [5, 5.41) is 10.6. The Kier molecular flexibility index (Phi) is 3.12. The van der Waals surface area contributed by atoms with E-state index in [2.05, 4.69) is 10.2 Å². The van der Waals surface area contributed by atoms with Gasteiger partial charge in [0.15, 0.2) is 0 Å². The number of nitrogens with one attached hydrogen (secondary N) is 1. The third-order valence-corrected chi connectivity index (χ3v) is 3.72. The lowest BCUT2D eigenvalue weighted by Crippen LogP contribution is -2.43. The van der Waals surface area contributed by atoms with Crippen molar-refractivity contribution in [1.29, 1.82) is 0 Å². The van der Waals surface area contributed by atoms with E-state index >= 15 is 0 Å². The molecule has 0 bridgehead atoms. The average Bonchev–Trinajstić information content (AvgIpc) is 3.11. The molecule has 94 valence electrons. The van der Waals surface area contributed by atoms with Crippen molar-refractivity contribution in [3.63, 3.8) is 0 Å². The number of thiophene rings is 1. The first-order valence-electron chi connectivity index (χ1n) is 5.76. The molecule has 0 aliphatic carbocycles. The van der Waals surface area contributed by atoms with E-state index in [4.69, 9.17) is 4.74 Å². The van der Waals surface area contributed by atoms with Crippen LogP contribution in [0, 0.1) is 0 Å². The standard InChI is InChI=1S/C12H13N3O2S/c16-12(9-2-6-18-8-9)15-4-5-17-7-11(15)10-1-3-13-14-10/h1-3,6,8,11H,4-5,7H2,(H,13,14). The van der Waals surface area contributed by atoms with E-state index in [0.717, 1.165) is 11.3 Å². The second-order valence-corrected chi connectivity index (χ2v) is 4.89. The van der Waals surface area contributed by atoms with Crippen molar-refractivity contribution in [3.05, 3.63) is 40.3 Å². The molecular weight excluding hydrogens is 250 g/mol. The number of nitrogens with zero attached hydrogens (tertiary/aromatic N) is 2. The number of hydrogen-bond donors (Lipinski definition) is 1. The minimum absolute atomic E-state index is 0.0548. The molecule has 0 radical (unpaired) electrons. The quantitative estimate of drug-likeness (QED) is 0.897. The third kappa shape index (κ3) is 2.04. The summed E-state index contributed by atoms with van der Waals surface area (Å²) < 4.78 is 5.46. The van der Waals surface area contributed by atoms with Crippen molar-refractivity contribution in [3.8, 4) is 0 Å². The highest BCUT2D eigenvalue weighted by Crippen LogP contribution is 2.24. The maximum absolute atomic E-state index is 12.4. The monoisotopic (exact) mass is 263 g/mol. The number of ether oxygens (including phenoxy) is 1. The second-order valence-electron chi connectivity index (χ2n) is 4.11. The average molecular weight is 263 g/mol. The normalized spacial score (nSPS) is 20.0. The van der Waals surface area contributed by atoms with Gasteiger partial charge in [0.2, 0.25) is 0 Å². The van der Waals surface area contributed by atoms with Gasteiger partial charge in [0.05, 0.1) is 30.5 Å². The van der Waals surface area contributed by atoms with Gasteiger partial charge in [0.1, 0.15) is 0 Å². The zero-order chi connectivity index (χ0) is 12.4. The van der Waals surface area contributed by atoms with Gasteiger partial charge in [-0.3, -0.25) is 9.89 Å². The summed E-state index contributed by atoms with van der Waals surface area (Å²) in [6.45, 7) is 1.71. The number of carbonyl (C=O) groups is 1. The van der Waals surface area contributed by atoms with Crippen LogP contribution in [0.5, 0.6) is 0 Å². The van der Waals surface area contributed by atoms with E-state index in [1.165, 1.54) is 11.3 Å². The number of H-pyrrole nitrogens is 1. The molecule has 1 unspecified atom stereocenters. The number of amides is 1. The molecule has 0 spiro atoms. The first-order valence-corrected chi connectivity index (χ1v) is 6.71. The zero-order valence-corrected chi connectivity index (χ0v) is 10.5.